The van der Waals surface area contributed by atoms with Crippen molar-refractivity contribution < 1.29 is 18.3 Å². The van der Waals surface area contributed by atoms with Crippen molar-refractivity contribution in [2.75, 3.05) is 18.6 Å². The summed E-state index contributed by atoms with van der Waals surface area (Å²) in [6.45, 7) is 0.248. The summed E-state index contributed by atoms with van der Waals surface area (Å²) in [5.41, 5.74) is 0.188. The number of sulfone groups is 1. The van der Waals surface area contributed by atoms with Gasteiger partial charge < -0.3 is 10.4 Å². The number of nitrogens with one attached hydrogen (secondary N) is 1. The Balaban J connectivity index is 2.08. The SMILES string of the molecule is CS(=O)(=O)CCCNC(=O)c1ccc2ccccc2c1O. The number of aromatic hydroxyl groups is 1. The molecular formula is C15H17NO4S. The number of carbonyl (C=O) groups is 1. The fourth-order valence-electron chi connectivity index (χ4n) is 2.07. The molecular weight excluding hydrogens is 290 g/mol. The zero-order chi connectivity index (χ0) is 15.5. The molecule has 2 aromatic carbocycles. The Morgan fingerprint density at radius 2 is 1.90 bits per heavy atom. The first-order chi connectivity index (χ1) is 9.88. The van der Waals surface area contributed by atoms with Crippen LogP contribution in [0.3, 0.4) is 0 Å². The summed E-state index contributed by atoms with van der Waals surface area (Å²) in [7, 11) is -3.02. The molecule has 0 heterocycles. The van der Waals surface area contributed by atoms with E-state index in [2.05, 4.69) is 5.32 Å². The van der Waals surface area contributed by atoms with Crippen molar-refractivity contribution in [1.29, 1.82) is 0 Å². The Morgan fingerprint density at radius 1 is 1.19 bits per heavy atom. The normalized spacial score (nSPS) is 11.5. The summed E-state index contributed by atoms with van der Waals surface area (Å²) in [6, 6.07) is 10.6. The molecule has 6 heteroatoms. The van der Waals surface area contributed by atoms with Gasteiger partial charge in [-0.3, -0.25) is 4.79 Å². The summed E-state index contributed by atoms with van der Waals surface area (Å²) < 4.78 is 22.0. The number of hydrogen-bond donors (Lipinski definition) is 2. The molecule has 0 fully saturated rings. The molecule has 2 rings (SSSR count). The van der Waals surface area contributed by atoms with Gasteiger partial charge in [0.25, 0.3) is 5.91 Å². The van der Waals surface area contributed by atoms with Crippen molar-refractivity contribution in [1.82, 2.24) is 5.32 Å². The van der Waals surface area contributed by atoms with Gasteiger partial charge in [0.15, 0.2) is 0 Å². The van der Waals surface area contributed by atoms with E-state index in [0.29, 0.717) is 11.8 Å². The van der Waals surface area contributed by atoms with E-state index < -0.39 is 15.7 Å². The average molecular weight is 307 g/mol. The Bertz CT molecular complexity index is 768. The molecule has 2 aromatic rings. The molecule has 21 heavy (non-hydrogen) atoms. The van der Waals surface area contributed by atoms with Gasteiger partial charge in [-0.1, -0.05) is 30.3 Å². The van der Waals surface area contributed by atoms with Gasteiger partial charge >= 0.3 is 0 Å². The van der Waals surface area contributed by atoms with Gasteiger partial charge in [-0.05, 0) is 17.9 Å². The minimum absolute atomic E-state index is 0.0248. The van der Waals surface area contributed by atoms with E-state index in [0.717, 1.165) is 11.6 Å². The van der Waals surface area contributed by atoms with Crippen LogP contribution in [-0.4, -0.2) is 38.0 Å². The van der Waals surface area contributed by atoms with Crippen molar-refractivity contribution in [3.8, 4) is 5.75 Å². The molecule has 5 nitrogen and oxygen atoms in total. The molecule has 0 aromatic heterocycles. The van der Waals surface area contributed by atoms with Crippen LogP contribution in [0.15, 0.2) is 36.4 Å². The molecule has 1 amide bonds. The zero-order valence-corrected chi connectivity index (χ0v) is 12.5. The van der Waals surface area contributed by atoms with E-state index in [-0.39, 0.29) is 23.6 Å². The van der Waals surface area contributed by atoms with Crippen LogP contribution < -0.4 is 5.32 Å². The first kappa shape index (κ1) is 15.3. The lowest BCUT2D eigenvalue weighted by molar-refractivity contribution is 0.0951. The summed E-state index contributed by atoms with van der Waals surface area (Å²) in [6.07, 6.45) is 1.50. The number of amides is 1. The molecule has 0 aliphatic rings. The largest absolute Gasteiger partial charge is 0.506 e. The molecule has 0 saturated carbocycles. The number of hydrogen-bond acceptors (Lipinski definition) is 4. The highest BCUT2D eigenvalue weighted by Gasteiger charge is 2.13. The van der Waals surface area contributed by atoms with Gasteiger partial charge in [-0.2, -0.15) is 0 Å². The lowest BCUT2D eigenvalue weighted by Crippen LogP contribution is -2.25. The van der Waals surface area contributed by atoms with Crippen LogP contribution in [0.25, 0.3) is 10.8 Å². The number of benzene rings is 2. The highest BCUT2D eigenvalue weighted by Crippen LogP contribution is 2.28. The lowest BCUT2D eigenvalue weighted by atomic mass is 10.0. The number of phenolic OH excluding ortho intramolecular Hbond substituents is 1. The Labute approximate surface area is 123 Å². The van der Waals surface area contributed by atoms with Crippen LogP contribution in [-0.2, 0) is 9.84 Å². The third-order valence-corrected chi connectivity index (χ3v) is 4.15. The van der Waals surface area contributed by atoms with Crippen LogP contribution in [0.5, 0.6) is 5.75 Å². The molecule has 0 atom stereocenters. The molecule has 0 radical (unpaired) electrons. The third-order valence-electron chi connectivity index (χ3n) is 3.12. The zero-order valence-electron chi connectivity index (χ0n) is 11.7. The van der Waals surface area contributed by atoms with Gasteiger partial charge in [0.1, 0.15) is 15.6 Å². The Morgan fingerprint density at radius 3 is 2.62 bits per heavy atom. The number of fused-ring (bicyclic) bond motifs is 1. The summed E-state index contributed by atoms with van der Waals surface area (Å²) in [4.78, 5) is 12.0. The van der Waals surface area contributed by atoms with Crippen molar-refractivity contribution in [3.63, 3.8) is 0 Å². The molecule has 2 N–H and O–H groups in total. The summed E-state index contributed by atoms with van der Waals surface area (Å²) >= 11 is 0. The summed E-state index contributed by atoms with van der Waals surface area (Å²) in [5, 5.41) is 14.2. The van der Waals surface area contributed by atoms with E-state index in [1.807, 2.05) is 12.1 Å². The molecule has 0 saturated heterocycles. The van der Waals surface area contributed by atoms with Crippen LogP contribution >= 0.6 is 0 Å². The van der Waals surface area contributed by atoms with E-state index in [9.17, 15) is 18.3 Å². The molecule has 112 valence electrons. The van der Waals surface area contributed by atoms with Crippen molar-refractivity contribution in [2.24, 2.45) is 0 Å². The fourth-order valence-corrected chi connectivity index (χ4v) is 2.74. The van der Waals surface area contributed by atoms with Gasteiger partial charge in [0.05, 0.1) is 11.3 Å². The lowest BCUT2D eigenvalue weighted by Gasteiger charge is -2.08. The molecule has 0 aliphatic carbocycles. The maximum absolute atomic E-state index is 12.0. The average Bonchev–Trinajstić information content (AvgIpc) is 2.43. The monoisotopic (exact) mass is 307 g/mol. The standard InChI is InChI=1S/C15H17NO4S/c1-21(19,20)10-4-9-16-15(18)13-8-7-11-5-2-3-6-12(11)14(13)17/h2-3,5-8,17H,4,9-10H2,1H3,(H,16,18). The molecule has 0 aliphatic heterocycles. The highest BCUT2D eigenvalue weighted by molar-refractivity contribution is 7.90. The third kappa shape index (κ3) is 3.95. The van der Waals surface area contributed by atoms with E-state index in [4.69, 9.17) is 0 Å². The van der Waals surface area contributed by atoms with Gasteiger partial charge in [0.2, 0.25) is 0 Å². The number of phenols is 1. The minimum atomic E-state index is -3.02. The van der Waals surface area contributed by atoms with Gasteiger partial charge in [-0.15, -0.1) is 0 Å². The van der Waals surface area contributed by atoms with E-state index in [1.54, 1.807) is 24.3 Å². The number of carbonyl (C=O) groups excluding carboxylic acids is 1. The van der Waals surface area contributed by atoms with E-state index >= 15 is 0 Å². The molecule has 0 unspecified atom stereocenters. The van der Waals surface area contributed by atoms with Crippen molar-refractivity contribution in [3.05, 3.63) is 42.0 Å². The number of rotatable bonds is 5. The minimum Gasteiger partial charge on any atom is -0.506 e. The van der Waals surface area contributed by atoms with Crippen LogP contribution in [0, 0.1) is 0 Å². The first-order valence-electron chi connectivity index (χ1n) is 6.55. The Kier molecular flexibility index (Phi) is 4.47. The van der Waals surface area contributed by atoms with E-state index in [1.165, 1.54) is 0 Å². The second-order valence-electron chi connectivity index (χ2n) is 4.92. The predicted molar refractivity (Wildman–Crippen MR) is 82.3 cm³/mol. The maximum Gasteiger partial charge on any atom is 0.255 e. The maximum atomic E-state index is 12.0. The van der Waals surface area contributed by atoms with Crippen molar-refractivity contribution in [2.45, 2.75) is 6.42 Å². The molecule has 0 spiro atoms. The Hall–Kier alpha value is -2.08. The van der Waals surface area contributed by atoms with Crippen LogP contribution in [0.1, 0.15) is 16.8 Å². The second kappa shape index (κ2) is 6.13. The highest BCUT2D eigenvalue weighted by atomic mass is 32.2. The van der Waals surface area contributed by atoms with Crippen molar-refractivity contribution >= 4 is 26.5 Å². The topological polar surface area (TPSA) is 83.5 Å². The predicted octanol–water partition coefficient (Wildman–Crippen LogP) is 1.71. The first-order valence-corrected chi connectivity index (χ1v) is 8.61. The van der Waals surface area contributed by atoms with Crippen LogP contribution in [0.2, 0.25) is 0 Å². The van der Waals surface area contributed by atoms with Crippen LogP contribution in [0.4, 0.5) is 0 Å². The quantitative estimate of drug-likeness (QED) is 0.824. The van der Waals surface area contributed by atoms with Gasteiger partial charge in [-0.25, -0.2) is 8.42 Å². The summed E-state index contributed by atoms with van der Waals surface area (Å²) in [5.74, 6) is -0.447. The van der Waals surface area contributed by atoms with Gasteiger partial charge in [0, 0.05) is 18.2 Å². The fraction of sp³-hybridized carbons (Fsp3) is 0.267. The smallest absolute Gasteiger partial charge is 0.255 e. The second-order valence-corrected chi connectivity index (χ2v) is 7.18. The molecule has 0 bridgehead atoms.